The molecule has 2 aliphatic heterocycles. The summed E-state index contributed by atoms with van der Waals surface area (Å²) in [5.41, 5.74) is 0.247. The minimum absolute atomic E-state index is 0.0535. The molecule has 10 heteroatoms. The van der Waals surface area contributed by atoms with Gasteiger partial charge in [-0.05, 0) is 31.9 Å². The number of amides is 1. The first-order valence-corrected chi connectivity index (χ1v) is 13.4. The maximum absolute atomic E-state index is 15.2. The van der Waals surface area contributed by atoms with Crippen molar-refractivity contribution in [3.8, 4) is 0 Å². The molecule has 7 atom stereocenters. The summed E-state index contributed by atoms with van der Waals surface area (Å²) in [7, 11) is 0. The standard InChI is InChI=1S/C26H39FN2O6S/c1-7-18-23(32)15(3)11-34-13-26(27)21(35-26)9-19(14(2)8-17-12-36-16(4)28-17)29-22(31)10-20(30)25(5,6)24(18)33/h8,12,15,18-21,23,30,32H,7,9-11,13H2,1-6H3,(H,29,31)/b14-8+/t15-,18-,19-,20+,21?,23-,26?/m1/s1. The number of aliphatic hydroxyl groups excluding tert-OH is 2. The van der Waals surface area contributed by atoms with Gasteiger partial charge in [0.25, 0.3) is 5.85 Å². The lowest BCUT2D eigenvalue weighted by atomic mass is 9.72. The molecule has 1 aromatic rings. The van der Waals surface area contributed by atoms with Crippen LogP contribution in [0.15, 0.2) is 11.0 Å². The molecule has 0 bridgehead atoms. The van der Waals surface area contributed by atoms with Crippen molar-refractivity contribution < 1.29 is 33.7 Å². The number of fused-ring (bicyclic) bond motifs is 1. The maximum Gasteiger partial charge on any atom is 0.259 e. The van der Waals surface area contributed by atoms with E-state index in [0.717, 1.165) is 16.3 Å². The molecule has 8 nitrogen and oxygen atoms in total. The highest BCUT2D eigenvalue weighted by Crippen LogP contribution is 2.42. The highest BCUT2D eigenvalue weighted by atomic mass is 32.1. The number of carbonyl (C=O) groups excluding carboxylic acids is 2. The minimum atomic E-state index is -1.98. The number of aliphatic hydroxyl groups is 2. The predicted octanol–water partition coefficient (Wildman–Crippen LogP) is 3.19. The summed E-state index contributed by atoms with van der Waals surface area (Å²) >= 11 is 1.50. The zero-order valence-electron chi connectivity index (χ0n) is 21.9. The number of alkyl halides is 1. The van der Waals surface area contributed by atoms with Crippen molar-refractivity contribution in [3.05, 3.63) is 21.7 Å². The third kappa shape index (κ3) is 6.58. The second-order valence-corrected chi connectivity index (χ2v) is 11.8. The summed E-state index contributed by atoms with van der Waals surface area (Å²) in [4.78, 5) is 30.8. The molecule has 0 aliphatic carbocycles. The lowest BCUT2D eigenvalue weighted by molar-refractivity contribution is -0.145. The second kappa shape index (κ2) is 11.3. The van der Waals surface area contributed by atoms with Gasteiger partial charge in [0.05, 0.1) is 47.4 Å². The number of aromatic nitrogens is 1. The first kappa shape index (κ1) is 28.8. The van der Waals surface area contributed by atoms with Crippen LogP contribution in [-0.4, -0.2) is 70.3 Å². The van der Waals surface area contributed by atoms with Crippen molar-refractivity contribution in [1.82, 2.24) is 10.3 Å². The predicted molar refractivity (Wildman–Crippen MR) is 135 cm³/mol. The van der Waals surface area contributed by atoms with Crippen molar-refractivity contribution in [2.45, 2.75) is 91.0 Å². The van der Waals surface area contributed by atoms with Gasteiger partial charge in [0, 0.05) is 23.6 Å². The Morgan fingerprint density at radius 3 is 2.67 bits per heavy atom. The Balaban J connectivity index is 1.87. The molecule has 3 N–H and O–H groups in total. The fourth-order valence-electron chi connectivity index (χ4n) is 4.69. The molecule has 0 radical (unpaired) electrons. The van der Waals surface area contributed by atoms with Crippen LogP contribution in [0.4, 0.5) is 4.39 Å². The molecule has 2 unspecified atom stereocenters. The van der Waals surface area contributed by atoms with Crippen molar-refractivity contribution in [3.63, 3.8) is 0 Å². The van der Waals surface area contributed by atoms with E-state index in [1.165, 1.54) is 11.3 Å². The molecule has 0 aromatic carbocycles. The molecule has 2 fully saturated rings. The number of halogens is 1. The summed E-state index contributed by atoms with van der Waals surface area (Å²) in [6.45, 7) is 10.2. The number of epoxide rings is 1. The quantitative estimate of drug-likeness (QED) is 0.517. The highest BCUT2D eigenvalue weighted by molar-refractivity contribution is 7.09. The normalized spacial score (nSPS) is 36.8. The SMILES string of the molecule is CC[C@H]1C(=O)C(C)(C)[C@@H](O)CC(=O)N[C@@H](/C(C)=C/c2csc(C)n2)CC2OC2(F)COC[C@@H](C)[C@H]1O. The fourth-order valence-corrected chi connectivity index (χ4v) is 5.26. The summed E-state index contributed by atoms with van der Waals surface area (Å²) in [5, 5.41) is 27.5. The Morgan fingerprint density at radius 2 is 2.06 bits per heavy atom. The Labute approximate surface area is 216 Å². The van der Waals surface area contributed by atoms with E-state index < -0.39 is 53.4 Å². The number of nitrogens with one attached hydrogen (secondary N) is 1. The van der Waals surface area contributed by atoms with Crippen LogP contribution in [-0.2, 0) is 19.1 Å². The third-order valence-electron chi connectivity index (χ3n) is 7.41. The van der Waals surface area contributed by atoms with Crippen LogP contribution >= 0.6 is 11.3 Å². The Kier molecular flexibility index (Phi) is 9.09. The molecular weight excluding hydrogens is 487 g/mol. The third-order valence-corrected chi connectivity index (χ3v) is 8.20. The largest absolute Gasteiger partial charge is 0.392 e. The van der Waals surface area contributed by atoms with Crippen LogP contribution in [0.25, 0.3) is 6.08 Å². The fraction of sp³-hybridized carbons (Fsp3) is 0.731. The van der Waals surface area contributed by atoms with E-state index in [1.54, 1.807) is 27.7 Å². The number of hydrogen-bond acceptors (Lipinski definition) is 8. The van der Waals surface area contributed by atoms with Crippen molar-refractivity contribution >= 4 is 29.1 Å². The van der Waals surface area contributed by atoms with Crippen LogP contribution in [0.2, 0.25) is 0 Å². The smallest absolute Gasteiger partial charge is 0.259 e. The van der Waals surface area contributed by atoms with Gasteiger partial charge in [-0.1, -0.05) is 27.7 Å². The molecule has 1 amide bonds. The highest BCUT2D eigenvalue weighted by Gasteiger charge is 2.59. The van der Waals surface area contributed by atoms with Gasteiger partial charge in [-0.25, -0.2) is 9.37 Å². The average molecular weight is 527 g/mol. The van der Waals surface area contributed by atoms with Gasteiger partial charge < -0.3 is 25.0 Å². The number of ketones is 1. The molecule has 3 rings (SSSR count). The van der Waals surface area contributed by atoms with Gasteiger partial charge in [-0.2, -0.15) is 0 Å². The van der Waals surface area contributed by atoms with Crippen molar-refractivity contribution in [2.24, 2.45) is 17.3 Å². The van der Waals surface area contributed by atoms with E-state index >= 15 is 4.39 Å². The molecular formula is C26H39FN2O6S. The molecule has 1 aromatic heterocycles. The Morgan fingerprint density at radius 1 is 1.36 bits per heavy atom. The Bertz CT molecular complexity index is 981. The lowest BCUT2D eigenvalue weighted by Gasteiger charge is -2.35. The zero-order chi connectivity index (χ0) is 26.8. The van der Waals surface area contributed by atoms with E-state index in [0.29, 0.717) is 6.42 Å². The van der Waals surface area contributed by atoms with Gasteiger partial charge in [-0.3, -0.25) is 9.59 Å². The number of ether oxygens (including phenoxy) is 2. The van der Waals surface area contributed by atoms with Crippen LogP contribution in [0.3, 0.4) is 0 Å². The van der Waals surface area contributed by atoms with Gasteiger partial charge in [0.2, 0.25) is 5.91 Å². The summed E-state index contributed by atoms with van der Waals surface area (Å²) < 4.78 is 26.1. The molecule has 202 valence electrons. The average Bonchev–Trinajstić information content (AvgIpc) is 3.24. The van der Waals surface area contributed by atoms with Crippen molar-refractivity contribution in [2.75, 3.05) is 13.2 Å². The summed E-state index contributed by atoms with van der Waals surface area (Å²) in [6.07, 6.45) is -1.02. The first-order chi connectivity index (χ1) is 16.8. The number of Topliss-reactive ketones (excluding diaryl/α,β-unsaturated/α-hetero) is 1. The molecule has 0 spiro atoms. The van der Waals surface area contributed by atoms with E-state index in [4.69, 9.17) is 9.47 Å². The molecule has 36 heavy (non-hydrogen) atoms. The molecule has 2 saturated heterocycles. The number of aryl methyl sites for hydroxylation is 1. The number of rotatable bonds is 3. The number of thiazole rings is 1. The molecule has 0 saturated carbocycles. The Hall–Kier alpha value is -1.72. The zero-order valence-corrected chi connectivity index (χ0v) is 22.7. The molecule has 3 heterocycles. The number of nitrogens with zero attached hydrogens (tertiary/aromatic N) is 1. The van der Waals surface area contributed by atoms with Crippen LogP contribution < -0.4 is 5.32 Å². The van der Waals surface area contributed by atoms with E-state index in [1.807, 2.05) is 25.3 Å². The van der Waals surface area contributed by atoms with Gasteiger partial charge >= 0.3 is 0 Å². The van der Waals surface area contributed by atoms with Crippen LogP contribution in [0.1, 0.15) is 64.6 Å². The van der Waals surface area contributed by atoms with Gasteiger partial charge in [-0.15, -0.1) is 11.3 Å². The topological polar surface area (TPSA) is 121 Å². The summed E-state index contributed by atoms with van der Waals surface area (Å²) in [5.74, 6) is -3.97. The monoisotopic (exact) mass is 526 g/mol. The minimum Gasteiger partial charge on any atom is -0.392 e. The second-order valence-electron chi connectivity index (χ2n) is 10.7. The van der Waals surface area contributed by atoms with Crippen molar-refractivity contribution in [1.29, 1.82) is 0 Å². The van der Waals surface area contributed by atoms with Crippen LogP contribution in [0, 0.1) is 24.2 Å². The van der Waals surface area contributed by atoms with E-state index in [2.05, 4.69) is 10.3 Å². The summed E-state index contributed by atoms with van der Waals surface area (Å²) in [6, 6.07) is -0.565. The molecule has 2 aliphatic rings. The number of hydrogen-bond donors (Lipinski definition) is 3. The van der Waals surface area contributed by atoms with Gasteiger partial charge in [0.1, 0.15) is 18.5 Å². The van der Waals surface area contributed by atoms with E-state index in [-0.39, 0.29) is 31.8 Å². The first-order valence-electron chi connectivity index (χ1n) is 12.5. The van der Waals surface area contributed by atoms with Crippen LogP contribution in [0.5, 0.6) is 0 Å². The lowest BCUT2D eigenvalue weighted by Crippen LogP contribution is -2.48. The number of carbonyl (C=O) groups is 2. The van der Waals surface area contributed by atoms with Gasteiger partial charge in [0.15, 0.2) is 0 Å². The maximum atomic E-state index is 15.2. The van der Waals surface area contributed by atoms with E-state index in [9.17, 15) is 19.8 Å².